The molecule has 2 rings (SSSR count). The van der Waals surface area contributed by atoms with Crippen LogP contribution in [0.15, 0.2) is 48.5 Å². The predicted octanol–water partition coefficient (Wildman–Crippen LogP) is 4.84. The molecular formula is C17H24IrP2. The third-order valence-corrected chi connectivity index (χ3v) is 8.07. The van der Waals surface area contributed by atoms with E-state index in [9.17, 15) is 0 Å². The van der Waals surface area contributed by atoms with Crippen LogP contribution in [0.1, 0.15) is 0 Å². The molecular weight excluding hydrogens is 458 g/mol. The van der Waals surface area contributed by atoms with Crippen molar-refractivity contribution in [3.05, 3.63) is 60.7 Å². The van der Waals surface area contributed by atoms with Crippen LogP contribution < -0.4 is 0 Å². The van der Waals surface area contributed by atoms with E-state index in [4.69, 9.17) is 0 Å². The fourth-order valence-electron chi connectivity index (χ4n) is 1.83. The summed E-state index contributed by atoms with van der Waals surface area (Å²) in [6, 6.07) is 22.1. The van der Waals surface area contributed by atoms with E-state index in [0.29, 0.717) is 0 Å². The first-order valence-electron chi connectivity index (χ1n) is 6.61. The Morgan fingerprint density at radius 3 is 1.35 bits per heavy atom. The van der Waals surface area contributed by atoms with Crippen LogP contribution in [0.3, 0.4) is 0 Å². The monoisotopic (exact) mass is 483 g/mol. The maximum atomic E-state index is 3.15. The zero-order valence-electron chi connectivity index (χ0n) is 12.7. The van der Waals surface area contributed by atoms with Gasteiger partial charge >= 0.3 is 0 Å². The van der Waals surface area contributed by atoms with Gasteiger partial charge in [-0.05, 0) is 0 Å². The van der Waals surface area contributed by atoms with Crippen molar-refractivity contribution in [1.82, 2.24) is 0 Å². The topological polar surface area (TPSA) is 0 Å². The Hall–Kier alpha value is -0.0506. The molecule has 0 heterocycles. The molecule has 2 aromatic rings. The zero-order chi connectivity index (χ0) is 14.1. The maximum Gasteiger partial charge on any atom is 0.154 e. The fourth-order valence-corrected chi connectivity index (χ4v) is 7.49. The summed E-state index contributed by atoms with van der Waals surface area (Å²) in [5.74, 6) is 1.56. The van der Waals surface area contributed by atoms with E-state index >= 15 is 0 Å². The quantitative estimate of drug-likeness (QED) is 0.434. The van der Waals surface area contributed by atoms with Gasteiger partial charge in [-0.2, -0.15) is 48.5 Å². The SMILES string of the molecule is C[PH+](C)C[PH+](C)C.[Ir].[c-]1ccccc1-c1[c-]cccc1. The maximum absolute atomic E-state index is 3.15. The first kappa shape index (κ1) is 19.9. The summed E-state index contributed by atoms with van der Waals surface area (Å²) in [4.78, 5) is 0. The second-order valence-electron chi connectivity index (χ2n) is 5.14. The van der Waals surface area contributed by atoms with E-state index in [1.807, 2.05) is 48.5 Å². The van der Waals surface area contributed by atoms with Crippen LogP contribution in [0.4, 0.5) is 0 Å². The average molecular weight is 483 g/mol. The van der Waals surface area contributed by atoms with Crippen LogP contribution in [0.2, 0.25) is 0 Å². The molecule has 0 spiro atoms. The van der Waals surface area contributed by atoms with Crippen molar-refractivity contribution in [2.45, 2.75) is 0 Å². The fraction of sp³-hybridized carbons (Fsp3) is 0.294. The van der Waals surface area contributed by atoms with Crippen LogP contribution >= 0.6 is 15.8 Å². The molecule has 0 aliphatic heterocycles. The largest absolute Gasteiger partial charge is 0.226 e. The van der Waals surface area contributed by atoms with Gasteiger partial charge in [0.05, 0.1) is 0 Å². The molecule has 0 N–H and O–H groups in total. The van der Waals surface area contributed by atoms with E-state index < -0.39 is 0 Å². The summed E-state index contributed by atoms with van der Waals surface area (Å²) in [6.07, 6.45) is 0. The minimum Gasteiger partial charge on any atom is -0.226 e. The van der Waals surface area contributed by atoms with Gasteiger partial charge in [0.15, 0.2) is 5.90 Å². The van der Waals surface area contributed by atoms with E-state index in [0.717, 1.165) is 11.1 Å². The van der Waals surface area contributed by atoms with E-state index in [2.05, 4.69) is 38.8 Å². The molecule has 0 saturated heterocycles. The van der Waals surface area contributed by atoms with Gasteiger partial charge in [0.2, 0.25) is 0 Å². The van der Waals surface area contributed by atoms with Gasteiger partial charge in [-0.3, -0.25) is 0 Å². The minimum absolute atomic E-state index is 0. The summed E-state index contributed by atoms with van der Waals surface area (Å²) in [7, 11) is 0.222. The number of hydrogen-bond donors (Lipinski definition) is 0. The van der Waals surface area contributed by atoms with Crippen molar-refractivity contribution in [3.63, 3.8) is 0 Å². The molecule has 20 heavy (non-hydrogen) atoms. The van der Waals surface area contributed by atoms with Gasteiger partial charge < -0.3 is 0 Å². The molecule has 2 aromatic carbocycles. The molecule has 0 aliphatic rings. The molecule has 0 nitrogen and oxygen atoms in total. The van der Waals surface area contributed by atoms with Gasteiger partial charge in [-0.25, -0.2) is 11.1 Å². The van der Waals surface area contributed by atoms with Crippen molar-refractivity contribution < 1.29 is 20.1 Å². The Kier molecular flexibility index (Phi) is 11.6. The molecule has 111 valence electrons. The molecule has 0 atom stereocenters. The molecule has 3 heteroatoms. The van der Waals surface area contributed by atoms with Gasteiger partial charge in [0.1, 0.15) is 0 Å². The number of benzene rings is 2. The van der Waals surface area contributed by atoms with Crippen LogP contribution in [-0.2, 0) is 20.1 Å². The summed E-state index contributed by atoms with van der Waals surface area (Å²) < 4.78 is 0. The summed E-state index contributed by atoms with van der Waals surface area (Å²) in [5.41, 5.74) is 2.19. The molecule has 0 aromatic heterocycles. The van der Waals surface area contributed by atoms with Crippen LogP contribution in [0, 0.1) is 12.1 Å². The van der Waals surface area contributed by atoms with Crippen molar-refractivity contribution in [1.29, 1.82) is 0 Å². The molecule has 1 radical (unpaired) electrons. The van der Waals surface area contributed by atoms with Crippen molar-refractivity contribution >= 4 is 15.8 Å². The molecule has 0 unspecified atom stereocenters. The van der Waals surface area contributed by atoms with Crippen LogP contribution in [0.5, 0.6) is 0 Å². The number of hydrogen-bond acceptors (Lipinski definition) is 0. The van der Waals surface area contributed by atoms with Crippen molar-refractivity contribution in [3.8, 4) is 11.1 Å². The van der Waals surface area contributed by atoms with E-state index in [1.165, 1.54) is 0 Å². The second-order valence-corrected chi connectivity index (χ2v) is 11.4. The third-order valence-electron chi connectivity index (χ3n) is 2.42. The molecule has 0 amide bonds. The Morgan fingerprint density at radius 2 is 1.15 bits per heavy atom. The Morgan fingerprint density at radius 1 is 0.750 bits per heavy atom. The molecule has 0 bridgehead atoms. The first-order chi connectivity index (χ1) is 9.09. The van der Waals surface area contributed by atoms with Crippen LogP contribution in [-0.4, -0.2) is 32.6 Å². The predicted molar refractivity (Wildman–Crippen MR) is 94.7 cm³/mol. The van der Waals surface area contributed by atoms with Gasteiger partial charge in [0.25, 0.3) is 0 Å². The van der Waals surface area contributed by atoms with E-state index in [-0.39, 0.29) is 35.9 Å². The smallest absolute Gasteiger partial charge is 0.154 e. The van der Waals surface area contributed by atoms with E-state index in [1.54, 1.807) is 5.90 Å². The average Bonchev–Trinajstić information content (AvgIpc) is 2.40. The van der Waals surface area contributed by atoms with Gasteiger partial charge in [-0.1, -0.05) is 0 Å². The molecule has 0 fully saturated rings. The first-order valence-corrected chi connectivity index (χ1v) is 12.0. The van der Waals surface area contributed by atoms with Crippen molar-refractivity contribution in [2.24, 2.45) is 0 Å². The zero-order valence-corrected chi connectivity index (χ0v) is 17.1. The molecule has 0 aliphatic carbocycles. The molecule has 0 saturated carbocycles. The Balaban J connectivity index is 0.000000396. The summed E-state index contributed by atoms with van der Waals surface area (Å²) in [6.45, 7) is 9.56. The third kappa shape index (κ3) is 8.99. The number of rotatable bonds is 3. The van der Waals surface area contributed by atoms with Gasteiger partial charge in [0, 0.05) is 62.6 Å². The van der Waals surface area contributed by atoms with Crippen molar-refractivity contribution in [2.75, 3.05) is 32.6 Å². The standard InChI is InChI=1S/C12H8.C5H14P2.Ir/c1-3-7-11(8-4-1)12-9-5-2-6-10-12;1-6(2)5-7(3)4;/h1-7,9H;5H2,1-4H3;/q-2;;/p+2. The Bertz CT molecular complexity index is 398. The van der Waals surface area contributed by atoms with Crippen LogP contribution in [0.25, 0.3) is 11.1 Å². The van der Waals surface area contributed by atoms with Gasteiger partial charge in [-0.15, -0.1) is 12.1 Å². The summed E-state index contributed by atoms with van der Waals surface area (Å²) in [5, 5.41) is 0. The minimum atomic E-state index is 0. The second kappa shape index (κ2) is 11.6. The Labute approximate surface area is 140 Å². The normalized spacial score (nSPS) is 9.70. The summed E-state index contributed by atoms with van der Waals surface area (Å²) >= 11 is 0.